The van der Waals surface area contributed by atoms with Gasteiger partial charge in [-0.3, -0.25) is 0 Å². The minimum atomic E-state index is 0.673. The molecule has 3 nitrogen and oxygen atoms in total. The minimum absolute atomic E-state index is 0.673. The van der Waals surface area contributed by atoms with E-state index < -0.39 is 0 Å². The van der Waals surface area contributed by atoms with E-state index in [9.17, 15) is 0 Å². The van der Waals surface area contributed by atoms with E-state index in [1.165, 1.54) is 5.82 Å². The van der Waals surface area contributed by atoms with Gasteiger partial charge in [-0.25, -0.2) is 9.55 Å². The zero-order valence-electron chi connectivity index (χ0n) is 8.08. The molecule has 1 rings (SSSR count). The Morgan fingerprint density at radius 2 is 2.38 bits per heavy atom. The molecule has 13 heavy (non-hydrogen) atoms. The predicted octanol–water partition coefficient (Wildman–Crippen LogP) is 1.56. The fourth-order valence-electron chi connectivity index (χ4n) is 1.40. The summed E-state index contributed by atoms with van der Waals surface area (Å²) in [5.41, 5.74) is 0. The molecule has 70 valence electrons. The highest BCUT2D eigenvalue weighted by Crippen LogP contribution is 1.99. The van der Waals surface area contributed by atoms with Crippen molar-refractivity contribution in [1.29, 1.82) is 5.26 Å². The third kappa shape index (κ3) is 2.90. The van der Waals surface area contributed by atoms with Crippen LogP contribution in [0.2, 0.25) is 0 Å². The number of rotatable bonds is 5. The molecule has 1 N–H and O–H groups in total. The van der Waals surface area contributed by atoms with Crippen LogP contribution in [-0.2, 0) is 13.0 Å². The highest BCUT2D eigenvalue weighted by molar-refractivity contribution is 4.78. The van der Waals surface area contributed by atoms with Gasteiger partial charge < -0.3 is 0 Å². The molecule has 3 heteroatoms. The first kappa shape index (κ1) is 9.79. The summed E-state index contributed by atoms with van der Waals surface area (Å²) in [6.45, 7) is 3.14. The number of hydrogen-bond donors (Lipinski definition) is 1. The molecule has 0 saturated carbocycles. The van der Waals surface area contributed by atoms with Crippen LogP contribution in [0.5, 0.6) is 0 Å². The fraction of sp³-hybridized carbons (Fsp3) is 0.600. The average molecular weight is 178 g/mol. The molecule has 0 unspecified atom stereocenters. The molecule has 0 amide bonds. The van der Waals surface area contributed by atoms with Gasteiger partial charge in [0.05, 0.1) is 12.6 Å². The molecule has 1 aromatic heterocycles. The van der Waals surface area contributed by atoms with Crippen molar-refractivity contribution in [3.63, 3.8) is 0 Å². The summed E-state index contributed by atoms with van der Waals surface area (Å²) in [5, 5.41) is 8.36. The van der Waals surface area contributed by atoms with Crippen LogP contribution in [0, 0.1) is 11.3 Å². The molecule has 0 aliphatic heterocycles. The normalized spacial score (nSPS) is 9.85. The van der Waals surface area contributed by atoms with E-state index in [2.05, 4.69) is 28.7 Å². The van der Waals surface area contributed by atoms with Crippen molar-refractivity contribution < 1.29 is 4.57 Å². The van der Waals surface area contributed by atoms with Crippen LogP contribution in [0.1, 0.15) is 32.0 Å². The number of nitriles is 1. The summed E-state index contributed by atoms with van der Waals surface area (Å²) >= 11 is 0. The van der Waals surface area contributed by atoms with Gasteiger partial charge in [0, 0.05) is 12.8 Å². The molecule has 0 saturated heterocycles. The average Bonchev–Trinajstić information content (AvgIpc) is 2.60. The molecular weight excluding hydrogens is 162 g/mol. The van der Waals surface area contributed by atoms with E-state index in [0.717, 1.165) is 25.8 Å². The van der Waals surface area contributed by atoms with Gasteiger partial charge in [-0.15, -0.1) is 0 Å². The quantitative estimate of drug-likeness (QED) is 0.539. The predicted molar refractivity (Wildman–Crippen MR) is 49.8 cm³/mol. The Kier molecular flexibility index (Phi) is 4.04. The number of aromatic nitrogens is 2. The largest absolute Gasteiger partial charge is 0.254 e. The molecule has 1 heterocycles. The van der Waals surface area contributed by atoms with Crippen LogP contribution in [-0.4, -0.2) is 4.98 Å². The zero-order chi connectivity index (χ0) is 9.52. The molecule has 0 bridgehead atoms. The highest BCUT2D eigenvalue weighted by atomic mass is 15.0. The maximum atomic E-state index is 8.36. The summed E-state index contributed by atoms with van der Waals surface area (Å²) in [4.78, 5) is 3.21. The lowest BCUT2D eigenvalue weighted by Gasteiger charge is -1.95. The van der Waals surface area contributed by atoms with Crippen molar-refractivity contribution in [2.75, 3.05) is 0 Å². The maximum absolute atomic E-state index is 8.36. The molecule has 0 aliphatic carbocycles. The van der Waals surface area contributed by atoms with E-state index >= 15 is 0 Å². The molecule has 1 aromatic rings. The Morgan fingerprint density at radius 3 is 3.08 bits per heavy atom. The van der Waals surface area contributed by atoms with Crippen LogP contribution in [0.4, 0.5) is 0 Å². The number of aryl methyl sites for hydroxylation is 2. The molecule has 0 atom stereocenters. The Hall–Kier alpha value is -1.30. The Balaban J connectivity index is 2.32. The number of imidazole rings is 1. The molecule has 0 aliphatic rings. The van der Waals surface area contributed by atoms with Gasteiger partial charge >= 0.3 is 0 Å². The maximum Gasteiger partial charge on any atom is 0.254 e. The number of hydrogen-bond acceptors (Lipinski definition) is 1. The van der Waals surface area contributed by atoms with Crippen LogP contribution in [0.25, 0.3) is 0 Å². The van der Waals surface area contributed by atoms with Crippen LogP contribution < -0.4 is 4.57 Å². The Labute approximate surface area is 79.0 Å². The van der Waals surface area contributed by atoms with Gasteiger partial charge in [-0.2, -0.15) is 5.26 Å². The van der Waals surface area contributed by atoms with Crippen LogP contribution in [0.15, 0.2) is 12.4 Å². The Bertz CT molecular complexity index is 283. The van der Waals surface area contributed by atoms with E-state index in [1.807, 2.05) is 6.20 Å². The number of nitrogens with zero attached hydrogens (tertiary/aromatic N) is 2. The van der Waals surface area contributed by atoms with Gasteiger partial charge in [-0.1, -0.05) is 0 Å². The number of nitrogens with one attached hydrogen (secondary N) is 1. The molecule has 0 fully saturated rings. The van der Waals surface area contributed by atoms with Crippen molar-refractivity contribution in [3.05, 3.63) is 18.2 Å². The van der Waals surface area contributed by atoms with E-state index in [4.69, 9.17) is 5.26 Å². The van der Waals surface area contributed by atoms with Gasteiger partial charge in [0.2, 0.25) is 0 Å². The SMILES string of the molecule is CC[n+]1cc[nH]c1CCCCC#N. The topological polar surface area (TPSA) is 43.5 Å². The monoisotopic (exact) mass is 178 g/mol. The number of unbranched alkanes of at least 4 members (excludes halogenated alkanes) is 2. The lowest BCUT2D eigenvalue weighted by Crippen LogP contribution is -2.34. The number of aromatic amines is 1. The van der Waals surface area contributed by atoms with Crippen molar-refractivity contribution in [1.82, 2.24) is 4.98 Å². The van der Waals surface area contributed by atoms with E-state index in [0.29, 0.717) is 6.42 Å². The first-order valence-electron chi connectivity index (χ1n) is 4.81. The lowest BCUT2D eigenvalue weighted by molar-refractivity contribution is -0.699. The second-order valence-corrected chi connectivity index (χ2v) is 3.06. The van der Waals surface area contributed by atoms with Crippen molar-refractivity contribution in [3.8, 4) is 6.07 Å². The first-order chi connectivity index (χ1) is 6.38. The number of H-pyrrole nitrogens is 1. The van der Waals surface area contributed by atoms with Crippen LogP contribution in [0.3, 0.4) is 0 Å². The minimum Gasteiger partial charge on any atom is -0.248 e. The van der Waals surface area contributed by atoms with Gasteiger partial charge in [0.15, 0.2) is 0 Å². The van der Waals surface area contributed by atoms with Gasteiger partial charge in [0.25, 0.3) is 5.82 Å². The van der Waals surface area contributed by atoms with Crippen molar-refractivity contribution >= 4 is 0 Å². The smallest absolute Gasteiger partial charge is 0.248 e. The third-order valence-electron chi connectivity index (χ3n) is 2.14. The lowest BCUT2D eigenvalue weighted by atomic mass is 10.2. The summed E-state index contributed by atoms with van der Waals surface area (Å²) in [6.07, 6.45) is 7.82. The Morgan fingerprint density at radius 1 is 1.54 bits per heavy atom. The summed E-state index contributed by atoms with van der Waals surface area (Å²) in [7, 11) is 0. The summed E-state index contributed by atoms with van der Waals surface area (Å²) in [6, 6.07) is 2.16. The molecule has 0 radical (unpaired) electrons. The van der Waals surface area contributed by atoms with Crippen LogP contribution >= 0.6 is 0 Å². The standard InChI is InChI=1S/C10H15N3/c1-2-13-9-8-12-10(13)6-4-3-5-7-11/h8-9H,2-6H2,1H3/p+1. The van der Waals surface area contributed by atoms with Crippen molar-refractivity contribution in [2.45, 2.75) is 39.2 Å². The summed E-state index contributed by atoms with van der Waals surface area (Å²) < 4.78 is 2.20. The molecular formula is C10H16N3+. The first-order valence-corrected chi connectivity index (χ1v) is 4.81. The second-order valence-electron chi connectivity index (χ2n) is 3.06. The highest BCUT2D eigenvalue weighted by Gasteiger charge is 2.06. The van der Waals surface area contributed by atoms with Crippen molar-refractivity contribution in [2.24, 2.45) is 0 Å². The van der Waals surface area contributed by atoms with E-state index in [1.54, 1.807) is 0 Å². The molecule has 0 spiro atoms. The molecule has 0 aromatic carbocycles. The van der Waals surface area contributed by atoms with Gasteiger partial charge in [-0.05, 0) is 19.8 Å². The summed E-state index contributed by atoms with van der Waals surface area (Å²) in [5.74, 6) is 1.26. The fourth-order valence-corrected chi connectivity index (χ4v) is 1.40. The third-order valence-corrected chi connectivity index (χ3v) is 2.14. The van der Waals surface area contributed by atoms with Gasteiger partial charge in [0.1, 0.15) is 12.4 Å². The second kappa shape index (κ2) is 5.36. The zero-order valence-corrected chi connectivity index (χ0v) is 8.08. The van der Waals surface area contributed by atoms with E-state index in [-0.39, 0.29) is 0 Å².